The van der Waals surface area contributed by atoms with Crippen molar-refractivity contribution >= 4 is 34.3 Å². The molecule has 3 aromatic carbocycles. The van der Waals surface area contributed by atoms with Gasteiger partial charge in [0.05, 0.1) is 35.5 Å². The van der Waals surface area contributed by atoms with Crippen LogP contribution in [0.3, 0.4) is 0 Å². The molecule has 0 bridgehead atoms. The van der Waals surface area contributed by atoms with Gasteiger partial charge in [-0.2, -0.15) is 0 Å². The van der Waals surface area contributed by atoms with Crippen LogP contribution >= 0.6 is 11.8 Å². The average Bonchev–Trinajstić information content (AvgIpc) is 3.61. The van der Waals surface area contributed by atoms with Crippen molar-refractivity contribution in [1.29, 1.82) is 0 Å². The topological polar surface area (TPSA) is 110 Å². The quantitative estimate of drug-likeness (QED) is 0.253. The summed E-state index contributed by atoms with van der Waals surface area (Å²) < 4.78 is 28.9. The van der Waals surface area contributed by atoms with Crippen molar-refractivity contribution in [3.8, 4) is 28.7 Å². The van der Waals surface area contributed by atoms with Crippen molar-refractivity contribution in [1.82, 2.24) is 9.55 Å². The lowest BCUT2D eigenvalue weighted by molar-refractivity contribution is -0.115. The molecule has 0 saturated heterocycles. The first kappa shape index (κ1) is 24.9. The number of thioether (sulfide) groups is 1. The van der Waals surface area contributed by atoms with Crippen molar-refractivity contribution < 1.29 is 28.5 Å². The Hall–Kier alpha value is -4.38. The maximum atomic E-state index is 13.8. The second kappa shape index (κ2) is 10.4. The molecule has 0 spiro atoms. The lowest BCUT2D eigenvalue weighted by atomic mass is 10.2. The van der Waals surface area contributed by atoms with Crippen molar-refractivity contribution in [2.45, 2.75) is 30.3 Å². The maximum Gasteiger partial charge on any atom is 0.262 e. The van der Waals surface area contributed by atoms with Crippen LogP contribution in [0.25, 0.3) is 10.9 Å². The van der Waals surface area contributed by atoms with Crippen LogP contribution in [0, 0.1) is 0 Å². The molecule has 2 aliphatic rings. The molecule has 6 rings (SSSR count). The first-order valence-electron chi connectivity index (χ1n) is 12.4. The first-order chi connectivity index (χ1) is 19.0. The first-order valence-corrected chi connectivity index (χ1v) is 13.2. The van der Waals surface area contributed by atoms with E-state index in [0.717, 1.165) is 5.56 Å². The molecule has 0 aliphatic carbocycles. The van der Waals surface area contributed by atoms with Crippen molar-refractivity contribution in [2.24, 2.45) is 0 Å². The number of rotatable bonds is 8. The Labute approximate surface area is 227 Å². The smallest absolute Gasteiger partial charge is 0.262 e. The van der Waals surface area contributed by atoms with Crippen LogP contribution < -0.4 is 34.6 Å². The number of carbonyl (C=O) groups is 1. The number of ether oxygens (including phenoxy) is 5. The number of hydrogen-bond donors (Lipinski definition) is 1. The van der Waals surface area contributed by atoms with E-state index in [1.54, 1.807) is 35.9 Å². The standard InChI is InChI=1S/C28H25N3O7S/c1-3-25(26(32)29-18-6-4-5-7-20(18)34-2)39-28-30-19-12-24-23(37-15-38-24)11-17(19)27(33)31(28)13-16-8-9-21-22(10-16)36-14-35-21/h4-12,25H,3,13-15H2,1-2H3,(H,29,32). The highest BCUT2D eigenvalue weighted by molar-refractivity contribution is 8.00. The van der Waals surface area contributed by atoms with Gasteiger partial charge in [-0.1, -0.05) is 36.9 Å². The molecule has 1 N–H and O–H groups in total. The van der Waals surface area contributed by atoms with Gasteiger partial charge >= 0.3 is 0 Å². The van der Waals surface area contributed by atoms with E-state index in [9.17, 15) is 9.59 Å². The number of para-hydroxylation sites is 2. The molecule has 0 saturated carbocycles. The molecule has 1 unspecified atom stereocenters. The summed E-state index contributed by atoms with van der Waals surface area (Å²) in [4.78, 5) is 32.0. The van der Waals surface area contributed by atoms with E-state index in [4.69, 9.17) is 28.7 Å². The second-order valence-electron chi connectivity index (χ2n) is 8.90. The number of nitrogens with one attached hydrogen (secondary N) is 1. The molecule has 39 heavy (non-hydrogen) atoms. The van der Waals surface area contributed by atoms with Gasteiger partial charge in [0.15, 0.2) is 28.2 Å². The lowest BCUT2D eigenvalue weighted by Crippen LogP contribution is -2.28. The molecule has 1 atom stereocenters. The molecule has 2 aliphatic heterocycles. The summed E-state index contributed by atoms with van der Waals surface area (Å²) in [6.07, 6.45) is 0.505. The number of nitrogens with zero attached hydrogens (tertiary/aromatic N) is 2. The van der Waals surface area contributed by atoms with Crippen LogP contribution in [-0.2, 0) is 11.3 Å². The highest BCUT2D eigenvalue weighted by Gasteiger charge is 2.25. The fourth-order valence-electron chi connectivity index (χ4n) is 4.45. The molecule has 11 heteroatoms. The zero-order chi connectivity index (χ0) is 26.9. The van der Waals surface area contributed by atoms with Crippen LogP contribution in [-0.4, -0.2) is 41.4 Å². The fraction of sp³-hybridized carbons (Fsp3) is 0.250. The van der Waals surface area contributed by atoms with Crippen LogP contribution in [0.2, 0.25) is 0 Å². The predicted molar refractivity (Wildman–Crippen MR) is 145 cm³/mol. The number of benzene rings is 3. The van der Waals surface area contributed by atoms with E-state index in [1.807, 2.05) is 37.3 Å². The summed E-state index contributed by atoms with van der Waals surface area (Å²) in [7, 11) is 1.55. The number of fused-ring (bicyclic) bond motifs is 3. The number of aromatic nitrogens is 2. The van der Waals surface area contributed by atoms with Crippen molar-refractivity contribution in [3.63, 3.8) is 0 Å². The van der Waals surface area contributed by atoms with Gasteiger partial charge < -0.3 is 29.0 Å². The molecular formula is C28H25N3O7S. The van der Waals surface area contributed by atoms with E-state index in [0.29, 0.717) is 56.9 Å². The summed E-state index contributed by atoms with van der Waals surface area (Å²) >= 11 is 1.23. The van der Waals surface area contributed by atoms with Crippen LogP contribution in [0.15, 0.2) is 64.5 Å². The van der Waals surface area contributed by atoms with E-state index in [1.165, 1.54) is 11.8 Å². The summed E-state index contributed by atoms with van der Waals surface area (Å²) in [5.74, 6) is 2.64. The summed E-state index contributed by atoms with van der Waals surface area (Å²) in [6, 6.07) is 16.1. The third-order valence-corrected chi connectivity index (χ3v) is 7.82. The van der Waals surface area contributed by atoms with Crippen LogP contribution in [0.1, 0.15) is 18.9 Å². The fourth-order valence-corrected chi connectivity index (χ4v) is 5.47. The molecular weight excluding hydrogens is 522 g/mol. The Bertz CT molecular complexity index is 1640. The van der Waals surface area contributed by atoms with E-state index >= 15 is 0 Å². The van der Waals surface area contributed by atoms with Gasteiger partial charge in [0.2, 0.25) is 19.5 Å². The average molecular weight is 548 g/mol. The Morgan fingerprint density at radius 2 is 1.74 bits per heavy atom. The highest BCUT2D eigenvalue weighted by atomic mass is 32.2. The zero-order valence-electron chi connectivity index (χ0n) is 21.3. The minimum Gasteiger partial charge on any atom is -0.495 e. The minimum absolute atomic E-state index is 0.0830. The van der Waals surface area contributed by atoms with Gasteiger partial charge in [0.25, 0.3) is 5.56 Å². The predicted octanol–water partition coefficient (Wildman–Crippen LogP) is 4.42. The van der Waals surface area contributed by atoms with Gasteiger partial charge in [-0.3, -0.25) is 14.2 Å². The zero-order valence-corrected chi connectivity index (χ0v) is 22.1. The van der Waals surface area contributed by atoms with Crippen LogP contribution in [0.4, 0.5) is 5.69 Å². The van der Waals surface area contributed by atoms with Gasteiger partial charge in [-0.05, 0) is 42.3 Å². The SMILES string of the molecule is CCC(Sc1nc2cc3c(cc2c(=O)n1Cc1ccc2c(c1)OCO2)OCO3)C(=O)Nc1ccccc1OC. The summed E-state index contributed by atoms with van der Waals surface area (Å²) in [6.45, 7) is 2.38. The highest BCUT2D eigenvalue weighted by Crippen LogP contribution is 2.37. The monoisotopic (exact) mass is 547 g/mol. The molecule has 10 nitrogen and oxygen atoms in total. The van der Waals surface area contributed by atoms with Gasteiger partial charge in [0, 0.05) is 6.07 Å². The Balaban J connectivity index is 1.38. The van der Waals surface area contributed by atoms with Gasteiger partial charge in [0.1, 0.15) is 5.75 Å². The third kappa shape index (κ3) is 4.81. The third-order valence-electron chi connectivity index (χ3n) is 6.47. The summed E-state index contributed by atoms with van der Waals surface area (Å²) in [5, 5.41) is 3.23. The Kier molecular flexibility index (Phi) is 6.65. The number of anilines is 1. The molecule has 3 heterocycles. The normalized spacial score (nSPS) is 13.9. The molecule has 4 aromatic rings. The second-order valence-corrected chi connectivity index (χ2v) is 10.1. The maximum absolute atomic E-state index is 13.8. The summed E-state index contributed by atoms with van der Waals surface area (Å²) in [5.41, 5.74) is 1.62. The van der Waals surface area contributed by atoms with Crippen LogP contribution in [0.5, 0.6) is 28.7 Å². The van der Waals surface area contributed by atoms with E-state index in [-0.39, 0.29) is 31.6 Å². The van der Waals surface area contributed by atoms with E-state index in [2.05, 4.69) is 5.32 Å². The van der Waals surface area contributed by atoms with Gasteiger partial charge in [-0.25, -0.2) is 4.98 Å². The number of carbonyl (C=O) groups excluding carboxylic acids is 1. The number of methoxy groups -OCH3 is 1. The van der Waals surface area contributed by atoms with Crippen molar-refractivity contribution in [3.05, 3.63) is 70.5 Å². The molecule has 1 amide bonds. The molecule has 200 valence electrons. The number of amides is 1. The largest absolute Gasteiger partial charge is 0.495 e. The number of hydrogen-bond acceptors (Lipinski definition) is 9. The minimum atomic E-state index is -0.531. The van der Waals surface area contributed by atoms with E-state index < -0.39 is 5.25 Å². The Morgan fingerprint density at radius 3 is 2.51 bits per heavy atom. The Morgan fingerprint density at radius 1 is 1.03 bits per heavy atom. The molecule has 0 radical (unpaired) electrons. The molecule has 0 fully saturated rings. The van der Waals surface area contributed by atoms with Gasteiger partial charge in [-0.15, -0.1) is 0 Å². The molecule has 1 aromatic heterocycles. The van der Waals surface area contributed by atoms with Crippen molar-refractivity contribution in [2.75, 3.05) is 26.0 Å². The lowest BCUT2D eigenvalue weighted by Gasteiger charge is -2.19.